The second-order valence-electron chi connectivity index (χ2n) is 2.63. The third-order valence-corrected chi connectivity index (χ3v) is 1.61. The topological polar surface area (TPSA) is 29.1 Å². The summed E-state index contributed by atoms with van der Waals surface area (Å²) < 4.78 is 5.02. The Labute approximate surface area is 72.8 Å². The van der Waals surface area contributed by atoms with Crippen molar-refractivity contribution in [3.8, 4) is 0 Å². The predicted octanol–water partition coefficient (Wildman–Crippen LogP) is 2.37. The summed E-state index contributed by atoms with van der Waals surface area (Å²) in [5.41, 5.74) is 1.05. The van der Waals surface area contributed by atoms with Gasteiger partial charge >= 0.3 is 0 Å². The highest BCUT2D eigenvalue weighted by atomic mass is 16.6. The molecule has 1 unspecified atom stereocenters. The van der Waals surface area contributed by atoms with Gasteiger partial charge < -0.3 is 4.74 Å². The quantitative estimate of drug-likeness (QED) is 0.630. The van der Waals surface area contributed by atoms with E-state index in [-0.39, 0.29) is 0 Å². The van der Waals surface area contributed by atoms with Gasteiger partial charge in [0.2, 0.25) is 0 Å². The van der Waals surface area contributed by atoms with E-state index in [0.717, 1.165) is 5.56 Å². The maximum absolute atomic E-state index is 10.8. The summed E-state index contributed by atoms with van der Waals surface area (Å²) in [5, 5.41) is 10.8. The monoisotopic (exact) mass is 165 g/mol. The molecule has 1 atom stereocenters. The van der Waals surface area contributed by atoms with Gasteiger partial charge in [-0.1, -0.05) is 37.3 Å². The molecule has 12 heavy (non-hydrogen) atoms. The molecule has 0 fully saturated rings. The van der Waals surface area contributed by atoms with Crippen molar-refractivity contribution in [1.29, 1.82) is 0 Å². The van der Waals surface area contributed by atoms with E-state index in [4.69, 9.17) is 4.74 Å². The van der Waals surface area contributed by atoms with Crippen LogP contribution in [-0.2, 0) is 16.5 Å². The standard InChI is InChI=1S/C10H13O2/c1-2-10(11)12-8-9-6-4-3-5-7-9/h3-7,10H,2,8H2,1H3. The van der Waals surface area contributed by atoms with E-state index in [1.807, 2.05) is 37.3 Å². The number of ether oxygens (including phenoxy) is 1. The molecule has 1 radical (unpaired) electrons. The van der Waals surface area contributed by atoms with Crippen molar-refractivity contribution >= 4 is 0 Å². The van der Waals surface area contributed by atoms with Gasteiger partial charge in [0, 0.05) is 0 Å². The summed E-state index contributed by atoms with van der Waals surface area (Å²) in [6.45, 7) is 2.24. The summed E-state index contributed by atoms with van der Waals surface area (Å²) in [4.78, 5) is 0. The molecule has 2 nitrogen and oxygen atoms in total. The lowest BCUT2D eigenvalue weighted by Crippen LogP contribution is -2.07. The molecule has 0 heterocycles. The molecule has 2 heteroatoms. The fourth-order valence-corrected chi connectivity index (χ4v) is 0.881. The van der Waals surface area contributed by atoms with Crippen LogP contribution in [0.5, 0.6) is 0 Å². The highest BCUT2D eigenvalue weighted by Gasteiger charge is 2.01. The Bertz CT molecular complexity index is 208. The van der Waals surface area contributed by atoms with Crippen molar-refractivity contribution in [3.63, 3.8) is 0 Å². The Morgan fingerprint density at radius 2 is 2.00 bits per heavy atom. The van der Waals surface area contributed by atoms with Crippen molar-refractivity contribution in [2.24, 2.45) is 0 Å². The molecule has 1 rings (SSSR count). The van der Waals surface area contributed by atoms with Crippen molar-refractivity contribution in [3.05, 3.63) is 35.9 Å². The van der Waals surface area contributed by atoms with E-state index in [1.54, 1.807) is 0 Å². The zero-order valence-electron chi connectivity index (χ0n) is 7.19. The maximum Gasteiger partial charge on any atom is 0.191 e. The first kappa shape index (κ1) is 9.23. The van der Waals surface area contributed by atoms with Gasteiger partial charge in [-0.3, -0.25) is 0 Å². The van der Waals surface area contributed by atoms with Gasteiger partial charge in [-0.15, -0.1) is 0 Å². The molecule has 0 saturated carbocycles. The number of hydrogen-bond donors (Lipinski definition) is 0. The molecule has 0 saturated heterocycles. The van der Waals surface area contributed by atoms with Crippen LogP contribution in [0.3, 0.4) is 0 Å². The fourth-order valence-electron chi connectivity index (χ4n) is 0.881. The minimum Gasteiger partial charge on any atom is -0.345 e. The SMILES string of the molecule is CCC([O])OCc1ccccc1. The van der Waals surface area contributed by atoms with E-state index in [9.17, 15) is 5.11 Å². The minimum absolute atomic E-state index is 0.419. The summed E-state index contributed by atoms with van der Waals surface area (Å²) in [6, 6.07) is 9.71. The van der Waals surface area contributed by atoms with E-state index in [1.165, 1.54) is 0 Å². The molecular weight excluding hydrogens is 152 g/mol. The van der Waals surface area contributed by atoms with Crippen LogP contribution in [-0.4, -0.2) is 6.29 Å². The normalized spacial score (nSPS) is 12.8. The van der Waals surface area contributed by atoms with Crippen LogP contribution in [0.4, 0.5) is 0 Å². The largest absolute Gasteiger partial charge is 0.345 e. The van der Waals surface area contributed by atoms with Crippen LogP contribution < -0.4 is 0 Å². The average Bonchev–Trinajstić information content (AvgIpc) is 2.16. The summed E-state index contributed by atoms with van der Waals surface area (Å²) in [7, 11) is 0. The van der Waals surface area contributed by atoms with Crippen LogP contribution in [0.1, 0.15) is 18.9 Å². The summed E-state index contributed by atoms with van der Waals surface area (Å²) in [6.07, 6.45) is -0.363. The lowest BCUT2D eigenvalue weighted by atomic mass is 10.2. The van der Waals surface area contributed by atoms with Crippen LogP contribution in [0, 0.1) is 0 Å². The van der Waals surface area contributed by atoms with Crippen molar-refractivity contribution in [1.82, 2.24) is 0 Å². The molecule has 0 bridgehead atoms. The number of benzene rings is 1. The first-order valence-corrected chi connectivity index (χ1v) is 4.14. The van der Waals surface area contributed by atoms with Crippen LogP contribution >= 0.6 is 0 Å². The molecule has 1 aromatic rings. The van der Waals surface area contributed by atoms with E-state index in [0.29, 0.717) is 13.0 Å². The average molecular weight is 165 g/mol. The second kappa shape index (κ2) is 4.91. The Balaban J connectivity index is 2.33. The lowest BCUT2D eigenvalue weighted by Gasteiger charge is -2.06. The highest BCUT2D eigenvalue weighted by molar-refractivity contribution is 5.13. The third-order valence-electron chi connectivity index (χ3n) is 1.61. The van der Waals surface area contributed by atoms with Gasteiger partial charge in [-0.2, -0.15) is 0 Å². The molecule has 0 N–H and O–H groups in total. The molecule has 1 aromatic carbocycles. The maximum atomic E-state index is 10.8. The Hall–Kier alpha value is -0.860. The summed E-state index contributed by atoms with van der Waals surface area (Å²) >= 11 is 0. The number of hydrogen-bond acceptors (Lipinski definition) is 1. The third kappa shape index (κ3) is 3.03. The second-order valence-corrected chi connectivity index (χ2v) is 2.63. The van der Waals surface area contributed by atoms with Crippen LogP contribution in [0.25, 0.3) is 0 Å². The minimum atomic E-state index is -0.884. The van der Waals surface area contributed by atoms with E-state index >= 15 is 0 Å². The van der Waals surface area contributed by atoms with Crippen molar-refractivity contribution < 1.29 is 9.84 Å². The van der Waals surface area contributed by atoms with Crippen molar-refractivity contribution in [2.45, 2.75) is 26.2 Å². The molecule has 0 aliphatic carbocycles. The zero-order valence-corrected chi connectivity index (χ0v) is 7.19. The van der Waals surface area contributed by atoms with E-state index in [2.05, 4.69) is 0 Å². The molecular formula is C10H13O2. The van der Waals surface area contributed by atoms with Gasteiger partial charge in [0.25, 0.3) is 0 Å². The molecule has 0 aromatic heterocycles. The Morgan fingerprint density at radius 3 is 2.58 bits per heavy atom. The highest BCUT2D eigenvalue weighted by Crippen LogP contribution is 2.03. The number of rotatable bonds is 4. The fraction of sp³-hybridized carbons (Fsp3) is 0.400. The predicted molar refractivity (Wildman–Crippen MR) is 46.0 cm³/mol. The van der Waals surface area contributed by atoms with Gasteiger partial charge in [-0.25, -0.2) is 5.11 Å². The summed E-state index contributed by atoms with van der Waals surface area (Å²) in [5.74, 6) is 0. The molecule has 0 aliphatic heterocycles. The van der Waals surface area contributed by atoms with Gasteiger partial charge in [0.15, 0.2) is 6.29 Å². The molecule has 0 spiro atoms. The van der Waals surface area contributed by atoms with Gasteiger partial charge in [0.1, 0.15) is 0 Å². The van der Waals surface area contributed by atoms with Crippen molar-refractivity contribution in [2.75, 3.05) is 0 Å². The van der Waals surface area contributed by atoms with E-state index < -0.39 is 6.29 Å². The van der Waals surface area contributed by atoms with Crippen LogP contribution in [0.2, 0.25) is 0 Å². The van der Waals surface area contributed by atoms with Crippen LogP contribution in [0.15, 0.2) is 30.3 Å². The first-order chi connectivity index (χ1) is 5.83. The van der Waals surface area contributed by atoms with Gasteiger partial charge in [-0.05, 0) is 12.0 Å². The molecule has 0 amide bonds. The lowest BCUT2D eigenvalue weighted by molar-refractivity contribution is -0.148. The first-order valence-electron chi connectivity index (χ1n) is 4.14. The Kier molecular flexibility index (Phi) is 3.77. The zero-order chi connectivity index (χ0) is 8.81. The van der Waals surface area contributed by atoms with Gasteiger partial charge in [0.05, 0.1) is 6.61 Å². The molecule has 0 aliphatic rings. The molecule has 65 valence electrons. The Morgan fingerprint density at radius 1 is 1.33 bits per heavy atom. The smallest absolute Gasteiger partial charge is 0.191 e.